The van der Waals surface area contributed by atoms with Crippen LogP contribution in [0.3, 0.4) is 0 Å². The van der Waals surface area contributed by atoms with Crippen LogP contribution < -0.4 is 9.64 Å². The molecule has 1 saturated heterocycles. The minimum Gasteiger partial charge on any atom is -0.485 e. The molecule has 1 aliphatic rings. The van der Waals surface area contributed by atoms with E-state index in [4.69, 9.17) is 16.3 Å². The molecular formula is C33H30ClFN4O2. The quantitative estimate of drug-likeness (QED) is 0.212. The summed E-state index contributed by atoms with van der Waals surface area (Å²) >= 11 is 6.18. The maximum atomic E-state index is 14.4. The monoisotopic (exact) mass is 568 g/mol. The molecule has 0 N–H and O–H groups in total. The summed E-state index contributed by atoms with van der Waals surface area (Å²) in [7, 11) is 0. The summed E-state index contributed by atoms with van der Waals surface area (Å²) in [6.07, 6.45) is 3.88. The van der Waals surface area contributed by atoms with Crippen LogP contribution in [0.5, 0.6) is 5.75 Å². The molecule has 0 saturated carbocycles. The summed E-state index contributed by atoms with van der Waals surface area (Å²) in [5.74, 6) is -0.0557. The summed E-state index contributed by atoms with van der Waals surface area (Å²) in [4.78, 5) is 22.5. The summed E-state index contributed by atoms with van der Waals surface area (Å²) in [6, 6.07) is 28.0. The fraction of sp³-hybridized carbons (Fsp3) is 0.212. The number of aromatic nitrogens is 2. The second kappa shape index (κ2) is 12.0. The van der Waals surface area contributed by atoms with Crippen LogP contribution in [0.15, 0.2) is 103 Å². The minimum absolute atomic E-state index is 0.0245. The van der Waals surface area contributed by atoms with E-state index in [9.17, 15) is 9.18 Å². The predicted molar refractivity (Wildman–Crippen MR) is 159 cm³/mol. The minimum atomic E-state index is -0.386. The summed E-state index contributed by atoms with van der Waals surface area (Å²) in [5, 5.41) is 0.695. The molecule has 0 spiro atoms. The van der Waals surface area contributed by atoms with E-state index in [1.165, 1.54) is 12.1 Å². The van der Waals surface area contributed by atoms with Gasteiger partial charge in [0, 0.05) is 61.6 Å². The number of hydrogen-bond acceptors (Lipinski definition) is 4. The second-order valence-electron chi connectivity index (χ2n) is 10.2. The van der Waals surface area contributed by atoms with Crippen molar-refractivity contribution >= 4 is 28.8 Å². The van der Waals surface area contributed by atoms with E-state index in [0.717, 1.165) is 22.5 Å². The van der Waals surface area contributed by atoms with E-state index in [-0.39, 0.29) is 24.1 Å². The molecule has 208 valence electrons. The van der Waals surface area contributed by atoms with Gasteiger partial charge in [-0.05, 0) is 53.6 Å². The van der Waals surface area contributed by atoms with Crippen molar-refractivity contribution in [2.45, 2.75) is 18.9 Å². The van der Waals surface area contributed by atoms with Gasteiger partial charge in [0.1, 0.15) is 12.4 Å². The molecule has 0 bridgehead atoms. The van der Waals surface area contributed by atoms with Crippen LogP contribution in [0.4, 0.5) is 10.1 Å². The number of carbonyl (C=O) groups excluding carboxylic acids is 1. The second-order valence-corrected chi connectivity index (χ2v) is 10.6. The molecule has 6 nitrogen and oxygen atoms in total. The third-order valence-electron chi connectivity index (χ3n) is 7.56. The Hall–Kier alpha value is -4.36. The molecule has 3 aromatic carbocycles. The van der Waals surface area contributed by atoms with Crippen molar-refractivity contribution in [1.82, 2.24) is 14.3 Å². The van der Waals surface area contributed by atoms with Crippen molar-refractivity contribution in [3.63, 3.8) is 0 Å². The lowest BCUT2D eigenvalue weighted by molar-refractivity contribution is -0.131. The highest BCUT2D eigenvalue weighted by atomic mass is 35.5. The molecule has 5 aromatic rings. The van der Waals surface area contributed by atoms with Gasteiger partial charge in [0.2, 0.25) is 5.91 Å². The van der Waals surface area contributed by atoms with Crippen molar-refractivity contribution in [2.75, 3.05) is 31.1 Å². The topological polar surface area (TPSA) is 50.1 Å². The van der Waals surface area contributed by atoms with Gasteiger partial charge < -0.3 is 18.9 Å². The number of halogens is 2. The van der Waals surface area contributed by atoms with Crippen molar-refractivity contribution in [3.05, 3.63) is 131 Å². The Morgan fingerprint density at radius 2 is 1.73 bits per heavy atom. The van der Waals surface area contributed by atoms with Gasteiger partial charge in [0.05, 0.1) is 5.69 Å². The molecule has 8 heteroatoms. The molecular weight excluding hydrogens is 539 g/mol. The van der Waals surface area contributed by atoms with Gasteiger partial charge in [-0.3, -0.25) is 4.79 Å². The molecule has 1 atom stereocenters. The number of nitrogens with zero attached hydrogens (tertiary/aromatic N) is 4. The number of rotatable bonds is 8. The van der Waals surface area contributed by atoms with E-state index in [1.54, 1.807) is 12.3 Å². The molecule has 1 aliphatic heterocycles. The van der Waals surface area contributed by atoms with Crippen molar-refractivity contribution in [3.8, 4) is 5.75 Å². The summed E-state index contributed by atoms with van der Waals surface area (Å²) in [5.41, 5.74) is 4.30. The molecule has 2 aromatic heterocycles. The SMILES string of the molecule is O=C(CC(c1cccc(F)c1)c1cnc2c(OCc3ccccc3)cccn12)N1CCN(c2cccc(Cl)c2)CC1. The number of pyridine rings is 1. The van der Waals surface area contributed by atoms with Gasteiger partial charge in [-0.15, -0.1) is 0 Å². The van der Waals surface area contributed by atoms with Crippen molar-refractivity contribution in [1.29, 1.82) is 0 Å². The van der Waals surface area contributed by atoms with E-state index in [0.29, 0.717) is 49.2 Å². The van der Waals surface area contributed by atoms with Crippen molar-refractivity contribution < 1.29 is 13.9 Å². The maximum Gasteiger partial charge on any atom is 0.223 e. The Morgan fingerprint density at radius 3 is 2.51 bits per heavy atom. The van der Waals surface area contributed by atoms with E-state index in [1.807, 2.05) is 88.3 Å². The van der Waals surface area contributed by atoms with Gasteiger partial charge in [0.25, 0.3) is 0 Å². The Bertz CT molecular complexity index is 1650. The maximum absolute atomic E-state index is 14.4. The number of fused-ring (bicyclic) bond motifs is 1. The average molecular weight is 569 g/mol. The number of ether oxygens (including phenoxy) is 1. The Labute approximate surface area is 243 Å². The zero-order valence-corrected chi connectivity index (χ0v) is 23.3. The molecule has 1 unspecified atom stereocenters. The predicted octanol–water partition coefficient (Wildman–Crippen LogP) is 6.58. The van der Waals surface area contributed by atoms with Crippen LogP contribution in [0.2, 0.25) is 5.02 Å². The molecule has 6 rings (SSSR count). The molecule has 3 heterocycles. The number of imidazole rings is 1. The molecule has 0 aliphatic carbocycles. The van der Waals surface area contributed by atoms with E-state index in [2.05, 4.69) is 9.88 Å². The zero-order chi connectivity index (χ0) is 28.2. The number of carbonyl (C=O) groups is 1. The number of amides is 1. The Kier molecular flexibility index (Phi) is 7.87. The summed E-state index contributed by atoms with van der Waals surface area (Å²) < 4.78 is 22.4. The van der Waals surface area contributed by atoms with Crippen molar-refractivity contribution in [2.24, 2.45) is 0 Å². The van der Waals surface area contributed by atoms with Crippen LogP contribution in [-0.2, 0) is 11.4 Å². The first-order valence-electron chi connectivity index (χ1n) is 13.7. The molecule has 1 amide bonds. The highest BCUT2D eigenvalue weighted by Gasteiger charge is 2.28. The average Bonchev–Trinajstić information content (AvgIpc) is 3.44. The Morgan fingerprint density at radius 1 is 0.927 bits per heavy atom. The molecule has 1 fully saturated rings. The zero-order valence-electron chi connectivity index (χ0n) is 22.5. The lowest BCUT2D eigenvalue weighted by Gasteiger charge is -2.36. The van der Waals surface area contributed by atoms with Crippen LogP contribution in [0.1, 0.15) is 29.2 Å². The fourth-order valence-corrected chi connectivity index (χ4v) is 5.60. The van der Waals surface area contributed by atoms with Gasteiger partial charge in [-0.25, -0.2) is 9.37 Å². The Balaban J connectivity index is 1.23. The number of anilines is 1. The van der Waals surface area contributed by atoms with Gasteiger partial charge >= 0.3 is 0 Å². The highest BCUT2D eigenvalue weighted by molar-refractivity contribution is 6.30. The highest BCUT2D eigenvalue weighted by Crippen LogP contribution is 2.32. The first-order valence-corrected chi connectivity index (χ1v) is 14.1. The smallest absolute Gasteiger partial charge is 0.223 e. The lowest BCUT2D eigenvalue weighted by atomic mass is 9.92. The number of hydrogen-bond donors (Lipinski definition) is 0. The fourth-order valence-electron chi connectivity index (χ4n) is 5.42. The van der Waals surface area contributed by atoms with E-state index >= 15 is 0 Å². The standard InChI is InChI=1S/C33H30ClFN4O2/c34-26-10-5-12-28(20-26)37-15-17-38(18-16-37)32(40)21-29(25-9-4-11-27(35)19-25)30-22-36-33-31(13-6-14-39(30)33)41-23-24-7-2-1-3-8-24/h1-14,19-20,22,29H,15-18,21,23H2. The largest absolute Gasteiger partial charge is 0.485 e. The molecule has 41 heavy (non-hydrogen) atoms. The van der Waals surface area contributed by atoms with Crippen LogP contribution in [0, 0.1) is 5.82 Å². The first kappa shape index (κ1) is 26.8. The van der Waals surface area contributed by atoms with Crippen LogP contribution in [0.25, 0.3) is 5.65 Å². The van der Waals surface area contributed by atoms with Crippen LogP contribution >= 0.6 is 11.6 Å². The van der Waals surface area contributed by atoms with Gasteiger partial charge in [-0.2, -0.15) is 0 Å². The first-order chi connectivity index (χ1) is 20.0. The summed E-state index contributed by atoms with van der Waals surface area (Å²) in [6.45, 7) is 3.05. The lowest BCUT2D eigenvalue weighted by Crippen LogP contribution is -2.49. The molecule has 0 radical (unpaired) electrons. The number of piperazine rings is 1. The van der Waals surface area contributed by atoms with E-state index < -0.39 is 0 Å². The van der Waals surface area contributed by atoms with Gasteiger partial charge in [-0.1, -0.05) is 60.1 Å². The third kappa shape index (κ3) is 6.05. The normalized spacial score (nSPS) is 14.3. The third-order valence-corrected chi connectivity index (χ3v) is 7.79. The van der Waals surface area contributed by atoms with Crippen LogP contribution in [-0.4, -0.2) is 46.4 Å². The number of benzene rings is 3. The van der Waals surface area contributed by atoms with Gasteiger partial charge in [0.15, 0.2) is 11.4 Å².